The molecule has 0 aliphatic carbocycles. The van der Waals surface area contributed by atoms with Crippen LogP contribution in [0.25, 0.3) is 0 Å². The first-order valence-corrected chi connectivity index (χ1v) is 9.48. The average Bonchev–Trinajstić information content (AvgIpc) is 2.62. The Hall–Kier alpha value is -1.88. The Morgan fingerprint density at radius 1 is 1.08 bits per heavy atom. The standard InChI is InChI=1S/C20H29N3O2/c1-16-6-5-11-22(14-16)15-19(24)23-12-9-17(10-13-23)20(25)21-18-7-3-2-4-8-18/h2-4,7-8,16-17H,5-6,9-15H2,1H3,(H,21,25)/t16-/m0/s1. The molecular formula is C20H29N3O2. The molecule has 2 heterocycles. The second-order valence-electron chi connectivity index (χ2n) is 7.49. The van der Waals surface area contributed by atoms with Gasteiger partial charge in [0.25, 0.3) is 0 Å². The van der Waals surface area contributed by atoms with Crippen LogP contribution in [0.1, 0.15) is 32.6 Å². The second-order valence-corrected chi connectivity index (χ2v) is 7.49. The van der Waals surface area contributed by atoms with Gasteiger partial charge in [0.15, 0.2) is 0 Å². The molecule has 2 fully saturated rings. The van der Waals surface area contributed by atoms with E-state index < -0.39 is 0 Å². The van der Waals surface area contributed by atoms with Crippen molar-refractivity contribution in [2.24, 2.45) is 11.8 Å². The molecule has 0 aromatic heterocycles. The lowest BCUT2D eigenvalue weighted by atomic mass is 9.95. The number of nitrogens with one attached hydrogen (secondary N) is 1. The first-order valence-electron chi connectivity index (χ1n) is 9.48. The van der Waals surface area contributed by atoms with Crippen LogP contribution in [0, 0.1) is 11.8 Å². The van der Waals surface area contributed by atoms with E-state index in [4.69, 9.17) is 0 Å². The molecule has 1 atom stereocenters. The Labute approximate surface area is 150 Å². The molecule has 5 nitrogen and oxygen atoms in total. The Morgan fingerprint density at radius 2 is 1.80 bits per heavy atom. The average molecular weight is 343 g/mol. The summed E-state index contributed by atoms with van der Waals surface area (Å²) in [6.07, 6.45) is 3.96. The van der Waals surface area contributed by atoms with Gasteiger partial charge in [0.05, 0.1) is 6.54 Å². The minimum absolute atomic E-state index is 0.000681. The van der Waals surface area contributed by atoms with E-state index in [-0.39, 0.29) is 17.7 Å². The molecule has 2 aliphatic rings. The summed E-state index contributed by atoms with van der Waals surface area (Å²) in [4.78, 5) is 29.1. The van der Waals surface area contributed by atoms with Crippen LogP contribution in [0.5, 0.6) is 0 Å². The number of carbonyl (C=O) groups is 2. The molecule has 0 radical (unpaired) electrons. The fourth-order valence-corrected chi connectivity index (χ4v) is 3.88. The number of nitrogens with zero attached hydrogens (tertiary/aromatic N) is 2. The Kier molecular flexibility index (Phi) is 6.08. The number of likely N-dealkylation sites (tertiary alicyclic amines) is 2. The molecule has 1 aromatic rings. The molecule has 1 N–H and O–H groups in total. The molecule has 0 saturated carbocycles. The maximum Gasteiger partial charge on any atom is 0.236 e. The van der Waals surface area contributed by atoms with Crippen molar-refractivity contribution in [3.05, 3.63) is 30.3 Å². The summed E-state index contributed by atoms with van der Waals surface area (Å²) in [6.45, 7) is 6.23. The van der Waals surface area contributed by atoms with E-state index in [1.807, 2.05) is 35.2 Å². The minimum Gasteiger partial charge on any atom is -0.342 e. The lowest BCUT2D eigenvalue weighted by Crippen LogP contribution is -2.47. The van der Waals surface area contributed by atoms with Gasteiger partial charge in [0.2, 0.25) is 11.8 Å². The third-order valence-electron chi connectivity index (χ3n) is 5.36. The molecule has 2 amide bonds. The van der Waals surface area contributed by atoms with E-state index in [9.17, 15) is 9.59 Å². The van der Waals surface area contributed by atoms with Crippen LogP contribution in [0.15, 0.2) is 30.3 Å². The minimum atomic E-state index is -0.000681. The number of amides is 2. The van der Waals surface area contributed by atoms with Crippen molar-refractivity contribution in [1.82, 2.24) is 9.80 Å². The van der Waals surface area contributed by atoms with Crippen molar-refractivity contribution in [3.63, 3.8) is 0 Å². The van der Waals surface area contributed by atoms with Crippen LogP contribution in [0.3, 0.4) is 0 Å². The van der Waals surface area contributed by atoms with Gasteiger partial charge in [0, 0.05) is 31.2 Å². The van der Waals surface area contributed by atoms with Gasteiger partial charge in [-0.2, -0.15) is 0 Å². The molecule has 0 bridgehead atoms. The fraction of sp³-hybridized carbons (Fsp3) is 0.600. The highest BCUT2D eigenvalue weighted by Crippen LogP contribution is 2.21. The van der Waals surface area contributed by atoms with E-state index >= 15 is 0 Å². The van der Waals surface area contributed by atoms with Crippen molar-refractivity contribution >= 4 is 17.5 Å². The van der Waals surface area contributed by atoms with Gasteiger partial charge in [-0.3, -0.25) is 14.5 Å². The monoisotopic (exact) mass is 343 g/mol. The lowest BCUT2D eigenvalue weighted by Gasteiger charge is -2.35. The van der Waals surface area contributed by atoms with E-state index in [0.717, 1.165) is 31.6 Å². The van der Waals surface area contributed by atoms with Gasteiger partial charge in [-0.05, 0) is 50.3 Å². The summed E-state index contributed by atoms with van der Waals surface area (Å²) < 4.78 is 0. The maximum atomic E-state index is 12.5. The van der Waals surface area contributed by atoms with E-state index in [2.05, 4.69) is 17.1 Å². The largest absolute Gasteiger partial charge is 0.342 e. The maximum absolute atomic E-state index is 12.5. The molecule has 25 heavy (non-hydrogen) atoms. The van der Waals surface area contributed by atoms with E-state index in [1.165, 1.54) is 12.8 Å². The molecule has 0 unspecified atom stereocenters. The van der Waals surface area contributed by atoms with Gasteiger partial charge in [-0.1, -0.05) is 25.1 Å². The number of hydrogen-bond donors (Lipinski definition) is 1. The van der Waals surface area contributed by atoms with Crippen LogP contribution in [-0.2, 0) is 9.59 Å². The number of para-hydroxylation sites is 1. The summed E-state index contributed by atoms with van der Waals surface area (Å²) in [5, 5.41) is 2.98. The molecule has 2 aliphatic heterocycles. The fourth-order valence-electron chi connectivity index (χ4n) is 3.88. The first-order chi connectivity index (χ1) is 12.1. The highest BCUT2D eigenvalue weighted by Gasteiger charge is 2.28. The predicted molar refractivity (Wildman–Crippen MR) is 99.2 cm³/mol. The number of anilines is 1. The van der Waals surface area contributed by atoms with Crippen molar-refractivity contribution in [1.29, 1.82) is 0 Å². The summed E-state index contributed by atoms with van der Waals surface area (Å²) in [5.41, 5.74) is 0.838. The van der Waals surface area contributed by atoms with Crippen molar-refractivity contribution in [2.75, 3.05) is 38.0 Å². The van der Waals surface area contributed by atoms with Gasteiger partial charge in [-0.25, -0.2) is 0 Å². The summed E-state index contributed by atoms with van der Waals surface area (Å²) in [7, 11) is 0. The van der Waals surface area contributed by atoms with Crippen LogP contribution in [-0.4, -0.2) is 54.3 Å². The third kappa shape index (κ3) is 5.05. The Balaban J connectivity index is 1.43. The quantitative estimate of drug-likeness (QED) is 0.914. The summed E-state index contributed by atoms with van der Waals surface area (Å²) >= 11 is 0. The van der Waals surface area contributed by atoms with Gasteiger partial charge in [0.1, 0.15) is 0 Å². The number of carbonyl (C=O) groups excluding carboxylic acids is 2. The molecule has 2 saturated heterocycles. The molecule has 136 valence electrons. The Bertz CT molecular complexity index is 582. The smallest absolute Gasteiger partial charge is 0.236 e. The zero-order valence-corrected chi connectivity index (χ0v) is 15.1. The molecule has 0 spiro atoms. The number of hydrogen-bond acceptors (Lipinski definition) is 3. The van der Waals surface area contributed by atoms with Crippen molar-refractivity contribution < 1.29 is 9.59 Å². The van der Waals surface area contributed by atoms with E-state index in [0.29, 0.717) is 25.6 Å². The predicted octanol–water partition coefficient (Wildman–Crippen LogP) is 2.60. The first kappa shape index (κ1) is 17.9. The SMILES string of the molecule is C[C@H]1CCCN(CC(=O)N2CCC(C(=O)Nc3ccccc3)CC2)C1. The number of rotatable bonds is 4. The molecule has 3 rings (SSSR count). The van der Waals surface area contributed by atoms with Crippen molar-refractivity contribution in [2.45, 2.75) is 32.6 Å². The normalized spacial score (nSPS) is 22.6. The Morgan fingerprint density at radius 3 is 2.48 bits per heavy atom. The van der Waals surface area contributed by atoms with Crippen LogP contribution in [0.2, 0.25) is 0 Å². The van der Waals surface area contributed by atoms with E-state index in [1.54, 1.807) is 0 Å². The van der Waals surface area contributed by atoms with Crippen LogP contribution in [0.4, 0.5) is 5.69 Å². The highest BCUT2D eigenvalue weighted by atomic mass is 16.2. The van der Waals surface area contributed by atoms with Gasteiger partial charge < -0.3 is 10.2 Å². The highest BCUT2D eigenvalue weighted by molar-refractivity contribution is 5.92. The second kappa shape index (κ2) is 8.48. The van der Waals surface area contributed by atoms with Crippen LogP contribution >= 0.6 is 0 Å². The zero-order valence-electron chi connectivity index (χ0n) is 15.1. The molecule has 5 heteroatoms. The van der Waals surface area contributed by atoms with Gasteiger partial charge in [-0.15, -0.1) is 0 Å². The number of benzene rings is 1. The zero-order chi connectivity index (χ0) is 17.6. The summed E-state index contributed by atoms with van der Waals surface area (Å²) in [6, 6.07) is 9.56. The summed E-state index contributed by atoms with van der Waals surface area (Å²) in [5.74, 6) is 0.979. The molecular weight excluding hydrogens is 314 g/mol. The molecule has 1 aromatic carbocycles. The van der Waals surface area contributed by atoms with Crippen LogP contribution < -0.4 is 5.32 Å². The lowest BCUT2D eigenvalue weighted by molar-refractivity contribution is -0.135. The topological polar surface area (TPSA) is 52.7 Å². The third-order valence-corrected chi connectivity index (χ3v) is 5.36. The van der Waals surface area contributed by atoms with Gasteiger partial charge >= 0.3 is 0 Å². The number of piperidine rings is 2. The van der Waals surface area contributed by atoms with Crippen molar-refractivity contribution in [3.8, 4) is 0 Å².